The van der Waals surface area contributed by atoms with E-state index in [-0.39, 0.29) is 89.8 Å². The number of amides is 4. The van der Waals surface area contributed by atoms with Gasteiger partial charge in [-0.15, -0.1) is 0 Å². The molecule has 15 rings (SSSR count). The SMILES string of the molecule is CN1C(=O)C(=Cc2ccc(N3c4ccccc4[Se]c4ccccc43)[se]2)C(=O)N(C)C1=S.CN1C(=O)CC(=O)N(C)C1=S.Ic1ccc[se]1.O=Cc1ccc(N(c2ccccc2)c2ccccc2)[se]1.c1ccc(N(c2ccccc2)c2ccc[se]2)cc1.c1ccc(Nc2ccccc2)cc1. The van der Waals surface area contributed by atoms with E-state index in [1.54, 1.807) is 34.3 Å². The standard InChI is InChI=1S/C23H17N3O2SSe2.C17H13NOSe.C16H13NSe.C12H11N.C6H8N2O2S.C4H3ISe/c1-24-21(27)15(22(28)25(2)23(24)29)13-14-11-12-20(30-14)26-16-7-3-5-9-18(16)31-19-10-6-4-8-17(19)26;19-13-16-11-12-17(20-16)18(14-7-3-1-4-8-14)15-9-5-2-6-10-15;1-3-8-14(9-4-1)17(16-12-7-13-18-16)15-10-5-2-6-11-15;1-3-7-11(8-4-1)13-12-9-5-2-6-10-12;1-7-4(9)3-5(10)8(2)6(7)11;5-4-2-1-3-6-4/h3-13H,1-2H3;1-13H;1-13H;1-10,13H;3H2,1-2H3;1-3H. The van der Waals surface area contributed by atoms with Crippen LogP contribution >= 0.6 is 47.0 Å². The molecule has 3 aliphatic heterocycles. The van der Waals surface area contributed by atoms with Gasteiger partial charge >= 0.3 is 492 Å². The summed E-state index contributed by atoms with van der Waals surface area (Å²) in [6.07, 6.45) is 2.61. The van der Waals surface area contributed by atoms with E-state index in [2.05, 4.69) is 216 Å². The summed E-state index contributed by atoms with van der Waals surface area (Å²) in [5.74, 6) is -1.18. The molecule has 7 heterocycles. The summed E-state index contributed by atoms with van der Waals surface area (Å²) in [5, 5.41) is 3.80. The first-order valence-corrected chi connectivity index (χ1v) is 41.5. The monoisotopic (exact) mass is 1780 g/mol. The second kappa shape index (κ2) is 36.7. The fourth-order valence-corrected chi connectivity index (χ4v) is 19.9. The Morgan fingerprint density at radius 1 is 0.424 bits per heavy atom. The van der Waals surface area contributed by atoms with E-state index >= 15 is 0 Å². The molecule has 8 aromatic carbocycles. The van der Waals surface area contributed by atoms with E-state index in [0.29, 0.717) is 29.0 Å². The number of anilines is 11. The number of hydrogen-bond acceptors (Lipinski definition) is 11. The van der Waals surface area contributed by atoms with Crippen LogP contribution < -0.4 is 28.9 Å². The first-order valence-electron chi connectivity index (χ1n) is 30.8. The Kier molecular flexibility index (Phi) is 27.2. The number of halogens is 1. The smallest absolute Gasteiger partial charge is 0.0384 e. The predicted molar refractivity (Wildman–Crippen MR) is 426 cm³/mol. The van der Waals surface area contributed by atoms with Crippen LogP contribution in [0.4, 0.5) is 59.2 Å². The Morgan fingerprint density at radius 3 is 1.23 bits per heavy atom. The second-order valence-electron chi connectivity index (χ2n) is 21.5. The fraction of sp³-hybridized carbons (Fsp3) is 0.0641. The summed E-state index contributed by atoms with van der Waals surface area (Å²) in [5.41, 5.74) is 9.50. The topological polar surface area (TPSA) is 120 Å². The first kappa shape index (κ1) is 73.4. The third-order valence-electron chi connectivity index (χ3n) is 14.9. The Balaban J connectivity index is 0.000000137. The van der Waals surface area contributed by atoms with Crippen molar-refractivity contribution in [1.82, 2.24) is 19.6 Å². The number of benzene rings is 8. The molecule has 0 unspecified atom stereocenters. The van der Waals surface area contributed by atoms with Gasteiger partial charge in [-0.3, -0.25) is 19.4 Å². The van der Waals surface area contributed by atoms with Crippen molar-refractivity contribution < 1.29 is 24.0 Å². The van der Waals surface area contributed by atoms with Crippen molar-refractivity contribution >= 4 is 234 Å². The summed E-state index contributed by atoms with van der Waals surface area (Å²) in [7, 11) is 6.33. The molecule has 0 saturated carbocycles. The number of carbonyl (C=O) groups is 5. The molecule has 12 aromatic rings. The van der Waals surface area contributed by atoms with Gasteiger partial charge in [0.1, 0.15) is 6.42 Å². The summed E-state index contributed by atoms with van der Waals surface area (Å²) < 4.78 is 9.81. The van der Waals surface area contributed by atoms with Crippen LogP contribution in [0.2, 0.25) is 0 Å². The zero-order valence-electron chi connectivity index (χ0n) is 54.0. The Labute approximate surface area is 631 Å². The van der Waals surface area contributed by atoms with Crippen LogP contribution in [0.25, 0.3) is 6.08 Å². The average molecular weight is 1780 g/mol. The number of fused-ring (bicyclic) bond motifs is 2. The largest absolute Gasteiger partial charge is 0.356 e. The number of likely N-dealkylation sites (N-methyl/N-ethyl adjacent to an activating group) is 2. The molecule has 0 atom stereocenters. The molecule has 13 nitrogen and oxygen atoms in total. The van der Waals surface area contributed by atoms with Crippen LogP contribution in [0.15, 0.2) is 295 Å². The van der Waals surface area contributed by atoms with Crippen molar-refractivity contribution in [2.24, 2.45) is 0 Å². The molecule has 1 N–H and O–H groups in total. The van der Waals surface area contributed by atoms with Gasteiger partial charge in [0.05, 0.1) is 0 Å². The molecule has 21 heteroatoms. The van der Waals surface area contributed by atoms with Gasteiger partial charge in [-0.2, -0.15) is 0 Å². The minimum atomic E-state index is -0.352. The number of para-hydroxylation sites is 8. The van der Waals surface area contributed by atoms with Crippen LogP contribution in [0.1, 0.15) is 20.1 Å². The number of aldehydes is 1. The molecule has 0 radical (unpaired) electrons. The van der Waals surface area contributed by atoms with Crippen LogP contribution in [0.3, 0.4) is 0 Å². The minimum Gasteiger partial charge on any atom is -0.356 e. The van der Waals surface area contributed by atoms with Gasteiger partial charge in [-0.25, -0.2) is 0 Å². The summed E-state index contributed by atoms with van der Waals surface area (Å²) in [6.45, 7) is 0. The Bertz CT molecular complexity index is 4480. The maximum absolute atomic E-state index is 12.7. The van der Waals surface area contributed by atoms with Crippen molar-refractivity contribution in [2.45, 2.75) is 6.42 Å². The van der Waals surface area contributed by atoms with E-state index in [1.165, 1.54) is 67.4 Å². The third-order valence-corrected chi connectivity index (χ3v) is 27.4. The molecule has 496 valence electrons. The van der Waals surface area contributed by atoms with E-state index in [9.17, 15) is 24.0 Å². The van der Waals surface area contributed by atoms with E-state index in [1.807, 2.05) is 115 Å². The fourth-order valence-electron chi connectivity index (χ4n) is 9.91. The molecule has 0 aliphatic carbocycles. The predicted octanol–water partition coefficient (Wildman–Crippen LogP) is 14.4. The molecule has 2 saturated heterocycles. The van der Waals surface area contributed by atoms with Gasteiger partial charge in [0.2, 0.25) is 11.8 Å². The first-order chi connectivity index (χ1) is 48.2. The molecule has 99 heavy (non-hydrogen) atoms. The van der Waals surface area contributed by atoms with Gasteiger partial charge in [0, 0.05) is 25.5 Å². The van der Waals surface area contributed by atoms with Crippen LogP contribution in [-0.2, 0) is 19.2 Å². The van der Waals surface area contributed by atoms with Crippen molar-refractivity contribution in [2.75, 3.05) is 48.2 Å². The van der Waals surface area contributed by atoms with Gasteiger partial charge in [-0.1, -0.05) is 36.4 Å². The van der Waals surface area contributed by atoms with Crippen molar-refractivity contribution in [3.05, 3.63) is 306 Å². The molecular weight excluding hydrogens is 1710 g/mol. The maximum Gasteiger partial charge on any atom is 0.0384 e. The third kappa shape index (κ3) is 19.6. The molecule has 2 fully saturated rings. The summed E-state index contributed by atoms with van der Waals surface area (Å²) in [4.78, 5) is 74.8. The zero-order valence-corrected chi connectivity index (χ0v) is 66.3. The number of carbonyl (C=O) groups excluding carboxylic acids is 5. The van der Waals surface area contributed by atoms with Gasteiger partial charge in [-0.05, 0) is 36.5 Å². The summed E-state index contributed by atoms with van der Waals surface area (Å²) in [6, 6.07) is 95.6. The molecule has 4 aromatic heterocycles. The molecular formula is C78H65IN8O5S2Se5. The molecule has 3 aliphatic rings. The van der Waals surface area contributed by atoms with Gasteiger partial charge in [0.25, 0.3) is 0 Å². The van der Waals surface area contributed by atoms with E-state index in [4.69, 9.17) is 24.4 Å². The number of hydrogen-bond donors (Lipinski definition) is 1. The normalized spacial score (nSPS) is 12.9. The van der Waals surface area contributed by atoms with Crippen LogP contribution in [-0.4, -0.2) is 161 Å². The second-order valence-corrected chi connectivity index (χ2v) is 35.8. The maximum atomic E-state index is 12.7. The van der Waals surface area contributed by atoms with E-state index < -0.39 is 0 Å². The molecule has 0 spiro atoms. The Hall–Kier alpha value is -8.32. The minimum absolute atomic E-state index is 0.0484. The van der Waals surface area contributed by atoms with Gasteiger partial charge < -0.3 is 5.32 Å². The van der Waals surface area contributed by atoms with Crippen molar-refractivity contribution in [3.63, 3.8) is 0 Å². The average Bonchev–Trinajstić information content (AvgIpc) is 1.75. The van der Waals surface area contributed by atoms with E-state index in [0.717, 1.165) is 37.9 Å². The summed E-state index contributed by atoms with van der Waals surface area (Å²) >= 11 is 13.7. The molecule has 0 bridgehead atoms. The number of thiocarbonyl (C=S) groups is 2. The number of nitrogens with zero attached hydrogens (tertiary/aromatic N) is 7. The Morgan fingerprint density at radius 2 is 0.828 bits per heavy atom. The van der Waals surface area contributed by atoms with Crippen LogP contribution in [0.5, 0.6) is 0 Å². The molecule has 4 amide bonds. The van der Waals surface area contributed by atoms with Crippen LogP contribution in [0, 0.1) is 2.44 Å². The number of nitrogens with one attached hydrogen (secondary N) is 1. The van der Waals surface area contributed by atoms with Crippen molar-refractivity contribution in [3.8, 4) is 0 Å². The van der Waals surface area contributed by atoms with Gasteiger partial charge in [0.15, 0.2) is 5.11 Å². The quantitative estimate of drug-likeness (QED) is 0.0253. The van der Waals surface area contributed by atoms with Crippen molar-refractivity contribution in [1.29, 1.82) is 0 Å². The zero-order chi connectivity index (χ0) is 69.6. The number of rotatable bonds is 11.